The van der Waals surface area contributed by atoms with Crippen LogP contribution in [0.25, 0.3) is 17.1 Å². The number of aryl methyl sites for hydroxylation is 1. The van der Waals surface area contributed by atoms with E-state index in [0.29, 0.717) is 11.6 Å². The normalized spacial score (nSPS) is 10.5. The molecule has 116 valence electrons. The second-order valence-corrected chi connectivity index (χ2v) is 5.19. The van der Waals surface area contributed by atoms with Gasteiger partial charge < -0.3 is 9.84 Å². The summed E-state index contributed by atoms with van der Waals surface area (Å²) in [5.74, 6) is 0.197. The van der Waals surface area contributed by atoms with Crippen LogP contribution in [0.1, 0.15) is 16.1 Å². The number of carboxylic acid groups (broad SMARTS) is 1. The summed E-state index contributed by atoms with van der Waals surface area (Å²) in [5.41, 5.74) is 2.78. The fourth-order valence-corrected chi connectivity index (χ4v) is 2.35. The van der Waals surface area contributed by atoms with Gasteiger partial charge in [0.15, 0.2) is 5.69 Å². The van der Waals surface area contributed by atoms with Gasteiger partial charge in [-0.3, -0.25) is 4.57 Å². The third-order valence-electron chi connectivity index (χ3n) is 3.57. The molecule has 0 aliphatic rings. The lowest BCUT2D eigenvalue weighted by Gasteiger charge is -2.09. The van der Waals surface area contributed by atoms with Crippen molar-refractivity contribution < 1.29 is 14.6 Å². The predicted octanol–water partition coefficient (Wildman–Crippen LogP) is 3.55. The molecule has 0 radical (unpaired) electrons. The number of ether oxygens (including phenoxy) is 1. The van der Waals surface area contributed by atoms with Gasteiger partial charge >= 0.3 is 5.97 Å². The van der Waals surface area contributed by atoms with E-state index in [9.17, 15) is 9.90 Å². The number of hydrogen-bond acceptors (Lipinski definition) is 3. The number of methoxy groups -OCH3 is 1. The molecule has 0 atom stereocenters. The van der Waals surface area contributed by atoms with E-state index in [1.54, 1.807) is 11.7 Å². The molecule has 0 saturated carbocycles. The first kappa shape index (κ1) is 14.8. The molecular formula is C18H16N2O3. The summed E-state index contributed by atoms with van der Waals surface area (Å²) in [6.07, 6.45) is 1.53. The summed E-state index contributed by atoms with van der Waals surface area (Å²) in [4.78, 5) is 15.6. The Morgan fingerprint density at radius 2 is 1.91 bits per heavy atom. The van der Waals surface area contributed by atoms with Crippen molar-refractivity contribution in [1.29, 1.82) is 0 Å². The second kappa shape index (κ2) is 5.96. The van der Waals surface area contributed by atoms with Crippen molar-refractivity contribution in [1.82, 2.24) is 9.55 Å². The summed E-state index contributed by atoms with van der Waals surface area (Å²) >= 11 is 0. The molecule has 2 aromatic carbocycles. The maximum atomic E-state index is 11.3. The van der Waals surface area contributed by atoms with Gasteiger partial charge in [0.1, 0.15) is 11.6 Å². The van der Waals surface area contributed by atoms with Gasteiger partial charge in [-0.05, 0) is 31.2 Å². The molecule has 1 aromatic heterocycles. The zero-order valence-corrected chi connectivity index (χ0v) is 12.9. The number of carboxylic acids is 1. The summed E-state index contributed by atoms with van der Waals surface area (Å²) in [6, 6.07) is 15.2. The molecule has 3 aromatic rings. The second-order valence-electron chi connectivity index (χ2n) is 5.19. The molecule has 0 saturated heterocycles. The van der Waals surface area contributed by atoms with Crippen molar-refractivity contribution in [3.8, 4) is 22.8 Å². The minimum atomic E-state index is -1.06. The van der Waals surface area contributed by atoms with Crippen LogP contribution >= 0.6 is 0 Å². The molecular weight excluding hydrogens is 292 g/mol. The van der Waals surface area contributed by atoms with E-state index in [-0.39, 0.29) is 5.69 Å². The Balaban J connectivity index is 2.18. The lowest BCUT2D eigenvalue weighted by Crippen LogP contribution is -1.96. The van der Waals surface area contributed by atoms with Gasteiger partial charge in [-0.15, -0.1) is 0 Å². The van der Waals surface area contributed by atoms with Crippen LogP contribution in [0.2, 0.25) is 0 Å². The van der Waals surface area contributed by atoms with E-state index in [4.69, 9.17) is 4.74 Å². The molecule has 0 aliphatic carbocycles. The van der Waals surface area contributed by atoms with Gasteiger partial charge in [0.05, 0.1) is 7.11 Å². The number of benzene rings is 2. The molecule has 3 rings (SSSR count). The zero-order chi connectivity index (χ0) is 16.4. The largest absolute Gasteiger partial charge is 0.497 e. The monoisotopic (exact) mass is 308 g/mol. The van der Waals surface area contributed by atoms with Gasteiger partial charge in [0.2, 0.25) is 0 Å². The van der Waals surface area contributed by atoms with E-state index in [0.717, 1.165) is 16.8 Å². The molecule has 0 aliphatic heterocycles. The number of rotatable bonds is 4. The van der Waals surface area contributed by atoms with Gasteiger partial charge in [0.25, 0.3) is 0 Å². The van der Waals surface area contributed by atoms with Crippen molar-refractivity contribution in [3.63, 3.8) is 0 Å². The molecule has 0 spiro atoms. The molecule has 0 unspecified atom stereocenters. The molecule has 1 heterocycles. The first-order chi connectivity index (χ1) is 11.1. The fourth-order valence-electron chi connectivity index (χ4n) is 2.35. The first-order valence-electron chi connectivity index (χ1n) is 7.12. The van der Waals surface area contributed by atoms with E-state index < -0.39 is 5.97 Å². The Bertz CT molecular complexity index is 851. The Hall–Kier alpha value is -3.08. The highest BCUT2D eigenvalue weighted by Gasteiger charge is 2.16. The first-order valence-corrected chi connectivity index (χ1v) is 7.12. The fraction of sp³-hybridized carbons (Fsp3) is 0.111. The van der Waals surface area contributed by atoms with Crippen molar-refractivity contribution in [2.75, 3.05) is 7.11 Å². The van der Waals surface area contributed by atoms with Crippen molar-refractivity contribution in [2.24, 2.45) is 0 Å². The van der Waals surface area contributed by atoms with E-state index in [1.807, 2.05) is 55.5 Å². The van der Waals surface area contributed by atoms with Gasteiger partial charge in [-0.25, -0.2) is 9.78 Å². The zero-order valence-electron chi connectivity index (χ0n) is 12.9. The van der Waals surface area contributed by atoms with Crippen molar-refractivity contribution in [2.45, 2.75) is 6.92 Å². The van der Waals surface area contributed by atoms with E-state index in [1.165, 1.54) is 6.20 Å². The van der Waals surface area contributed by atoms with Crippen molar-refractivity contribution >= 4 is 5.97 Å². The van der Waals surface area contributed by atoms with Crippen LogP contribution in [0.15, 0.2) is 54.7 Å². The predicted molar refractivity (Wildman–Crippen MR) is 87.2 cm³/mol. The molecule has 0 bridgehead atoms. The summed E-state index contributed by atoms with van der Waals surface area (Å²) in [6.45, 7) is 2.00. The van der Waals surface area contributed by atoms with Crippen LogP contribution in [0.3, 0.4) is 0 Å². The average molecular weight is 308 g/mol. The smallest absolute Gasteiger partial charge is 0.356 e. The Morgan fingerprint density at radius 3 is 2.57 bits per heavy atom. The lowest BCUT2D eigenvalue weighted by atomic mass is 10.2. The molecule has 5 nitrogen and oxygen atoms in total. The van der Waals surface area contributed by atoms with Gasteiger partial charge in [-0.2, -0.15) is 0 Å². The molecule has 0 amide bonds. The highest BCUT2D eigenvalue weighted by atomic mass is 16.5. The maximum Gasteiger partial charge on any atom is 0.356 e. The molecule has 5 heteroatoms. The van der Waals surface area contributed by atoms with Crippen LogP contribution in [0.4, 0.5) is 0 Å². The van der Waals surface area contributed by atoms with E-state index in [2.05, 4.69) is 4.98 Å². The number of aromatic nitrogens is 2. The van der Waals surface area contributed by atoms with Crippen LogP contribution in [-0.2, 0) is 0 Å². The number of hydrogen-bond donors (Lipinski definition) is 1. The minimum absolute atomic E-state index is 0.00314. The molecule has 23 heavy (non-hydrogen) atoms. The van der Waals surface area contributed by atoms with Crippen LogP contribution in [0, 0.1) is 6.92 Å². The van der Waals surface area contributed by atoms with Crippen LogP contribution in [0.5, 0.6) is 5.75 Å². The van der Waals surface area contributed by atoms with Gasteiger partial charge in [0, 0.05) is 17.4 Å². The Morgan fingerprint density at radius 1 is 1.17 bits per heavy atom. The quantitative estimate of drug-likeness (QED) is 0.800. The Kier molecular flexibility index (Phi) is 3.85. The number of nitrogens with zero attached hydrogens (tertiary/aromatic N) is 2. The minimum Gasteiger partial charge on any atom is -0.497 e. The van der Waals surface area contributed by atoms with Crippen LogP contribution in [-0.4, -0.2) is 27.7 Å². The summed E-state index contributed by atoms with van der Waals surface area (Å²) in [5, 5.41) is 9.26. The third-order valence-corrected chi connectivity index (χ3v) is 3.57. The third kappa shape index (κ3) is 2.94. The Labute approximate surface area is 133 Å². The standard InChI is InChI=1S/C18H16N2O3/c1-12-6-8-14(9-7-12)20-11-16(18(21)22)19-17(20)13-4-3-5-15(10-13)23-2/h3-11H,1-2H3,(H,21,22). The number of imidazole rings is 1. The highest BCUT2D eigenvalue weighted by Crippen LogP contribution is 2.26. The van der Waals surface area contributed by atoms with E-state index >= 15 is 0 Å². The number of carbonyl (C=O) groups is 1. The average Bonchev–Trinajstić information content (AvgIpc) is 3.01. The maximum absolute atomic E-state index is 11.3. The van der Waals surface area contributed by atoms with Crippen LogP contribution < -0.4 is 4.74 Å². The summed E-state index contributed by atoms with van der Waals surface area (Å²) < 4.78 is 7.01. The highest BCUT2D eigenvalue weighted by molar-refractivity contribution is 5.86. The lowest BCUT2D eigenvalue weighted by molar-refractivity contribution is 0.0691. The molecule has 0 fully saturated rings. The SMILES string of the molecule is COc1cccc(-c2nc(C(=O)O)cn2-c2ccc(C)cc2)c1. The number of aromatic carboxylic acids is 1. The molecule has 1 N–H and O–H groups in total. The van der Waals surface area contributed by atoms with Crippen molar-refractivity contribution in [3.05, 3.63) is 66.0 Å². The summed E-state index contributed by atoms with van der Waals surface area (Å²) in [7, 11) is 1.59. The van der Waals surface area contributed by atoms with Gasteiger partial charge in [-0.1, -0.05) is 29.8 Å². The topological polar surface area (TPSA) is 64.3 Å².